The molecule has 0 saturated carbocycles. The van der Waals surface area contributed by atoms with Gasteiger partial charge >= 0.3 is 0 Å². The van der Waals surface area contributed by atoms with Crippen LogP contribution in [0.4, 0.5) is 21.5 Å². The van der Waals surface area contributed by atoms with Crippen molar-refractivity contribution in [3.63, 3.8) is 0 Å². The average Bonchev–Trinajstić information content (AvgIpc) is 2.41. The third-order valence-electron chi connectivity index (χ3n) is 2.59. The van der Waals surface area contributed by atoms with Crippen LogP contribution in [-0.4, -0.2) is 13.3 Å². The highest BCUT2D eigenvalue weighted by molar-refractivity contribution is 7.92. The largest absolute Gasteiger partial charge is 0.398 e. The Labute approximate surface area is 119 Å². The molecule has 2 rings (SSSR count). The summed E-state index contributed by atoms with van der Waals surface area (Å²) in [6, 6.07) is 7.70. The maximum Gasteiger partial charge on any atom is 0.270 e. The minimum Gasteiger partial charge on any atom is -0.398 e. The van der Waals surface area contributed by atoms with Gasteiger partial charge in [-0.2, -0.15) is 0 Å². The van der Waals surface area contributed by atoms with Crippen LogP contribution in [0.25, 0.3) is 0 Å². The summed E-state index contributed by atoms with van der Waals surface area (Å²) in [5.74, 6) is -0.521. The van der Waals surface area contributed by atoms with Gasteiger partial charge in [0.25, 0.3) is 15.7 Å². The minimum atomic E-state index is -4.11. The molecule has 0 atom stereocenters. The van der Waals surface area contributed by atoms with Crippen molar-refractivity contribution in [1.82, 2.24) is 0 Å². The maximum absolute atomic E-state index is 12.8. The van der Waals surface area contributed by atoms with Crippen LogP contribution < -0.4 is 10.5 Å². The second-order valence-electron chi connectivity index (χ2n) is 4.09. The van der Waals surface area contributed by atoms with E-state index in [2.05, 4.69) is 4.72 Å². The summed E-state index contributed by atoms with van der Waals surface area (Å²) in [7, 11) is -4.11. The number of nitro benzene ring substituents is 1. The van der Waals surface area contributed by atoms with Crippen LogP contribution in [0.3, 0.4) is 0 Å². The topological polar surface area (TPSA) is 115 Å². The molecule has 7 nitrogen and oxygen atoms in total. The quantitative estimate of drug-likeness (QED) is 0.510. The molecule has 0 saturated heterocycles. The number of non-ortho nitro benzene ring substituents is 1. The smallest absolute Gasteiger partial charge is 0.270 e. The van der Waals surface area contributed by atoms with Crippen LogP contribution in [0.15, 0.2) is 47.4 Å². The van der Waals surface area contributed by atoms with Gasteiger partial charge in [0.15, 0.2) is 0 Å². The predicted octanol–water partition coefficient (Wildman–Crippen LogP) is 2.12. The number of sulfonamides is 1. The van der Waals surface area contributed by atoms with Gasteiger partial charge in [-0.25, -0.2) is 12.8 Å². The zero-order chi connectivity index (χ0) is 15.6. The van der Waals surface area contributed by atoms with E-state index in [9.17, 15) is 22.9 Å². The summed E-state index contributed by atoms with van der Waals surface area (Å²) in [6.07, 6.45) is 0. The van der Waals surface area contributed by atoms with Crippen molar-refractivity contribution in [1.29, 1.82) is 0 Å². The Bertz CT molecular complexity index is 791. The average molecular weight is 311 g/mol. The van der Waals surface area contributed by atoms with Crippen molar-refractivity contribution in [2.24, 2.45) is 0 Å². The molecule has 21 heavy (non-hydrogen) atoms. The summed E-state index contributed by atoms with van der Waals surface area (Å²) < 4.78 is 39.3. The lowest BCUT2D eigenvalue weighted by Crippen LogP contribution is -2.15. The molecule has 3 N–H and O–H groups in total. The first kappa shape index (κ1) is 14.7. The third-order valence-corrected chi connectivity index (χ3v) is 4.03. The highest BCUT2D eigenvalue weighted by atomic mass is 32.2. The van der Waals surface area contributed by atoms with Gasteiger partial charge in [0.1, 0.15) is 10.7 Å². The Kier molecular flexibility index (Phi) is 3.76. The fourth-order valence-corrected chi connectivity index (χ4v) is 2.81. The monoisotopic (exact) mass is 311 g/mol. The summed E-state index contributed by atoms with van der Waals surface area (Å²) in [5.41, 5.74) is 5.14. The number of nitrogen functional groups attached to an aromatic ring is 1. The van der Waals surface area contributed by atoms with Crippen LogP contribution >= 0.6 is 0 Å². The number of hydrogen-bond acceptors (Lipinski definition) is 5. The maximum atomic E-state index is 12.8. The molecule has 0 heterocycles. The zero-order valence-corrected chi connectivity index (χ0v) is 11.3. The van der Waals surface area contributed by atoms with Crippen molar-refractivity contribution in [3.8, 4) is 0 Å². The van der Waals surface area contributed by atoms with E-state index < -0.39 is 31.3 Å². The lowest BCUT2D eigenvalue weighted by atomic mass is 10.3. The number of benzene rings is 2. The number of nitrogens with zero attached hydrogens (tertiary/aromatic N) is 1. The Hall–Kier alpha value is -2.68. The fraction of sp³-hybridized carbons (Fsp3) is 0. The summed E-state index contributed by atoms with van der Waals surface area (Å²) in [6.45, 7) is 0. The minimum absolute atomic E-state index is 0.113. The van der Waals surface area contributed by atoms with Crippen LogP contribution in [0.1, 0.15) is 0 Å². The number of halogens is 1. The van der Waals surface area contributed by atoms with Crippen LogP contribution in [-0.2, 0) is 10.0 Å². The normalized spacial score (nSPS) is 11.1. The summed E-state index contributed by atoms with van der Waals surface area (Å²) in [4.78, 5) is 9.55. The molecule has 0 amide bonds. The number of nitrogens with two attached hydrogens (primary N) is 1. The van der Waals surface area contributed by atoms with Gasteiger partial charge in [-0.1, -0.05) is 0 Å². The van der Waals surface area contributed by atoms with Crippen LogP contribution in [0.5, 0.6) is 0 Å². The molecular formula is C12H10FN3O4S. The van der Waals surface area contributed by atoms with E-state index >= 15 is 0 Å². The molecule has 0 radical (unpaired) electrons. The number of anilines is 2. The molecule has 110 valence electrons. The summed E-state index contributed by atoms with van der Waals surface area (Å²) in [5, 5.41) is 10.7. The second-order valence-corrected chi connectivity index (χ2v) is 5.74. The summed E-state index contributed by atoms with van der Waals surface area (Å²) >= 11 is 0. The van der Waals surface area contributed by atoms with E-state index in [1.54, 1.807) is 0 Å². The van der Waals surface area contributed by atoms with E-state index in [0.717, 1.165) is 30.3 Å². The first-order valence-corrected chi connectivity index (χ1v) is 7.10. The third kappa shape index (κ3) is 3.26. The lowest BCUT2D eigenvalue weighted by Gasteiger charge is -2.10. The Morgan fingerprint density at radius 1 is 1.14 bits per heavy atom. The van der Waals surface area contributed by atoms with Crippen molar-refractivity contribution in [2.75, 3.05) is 10.5 Å². The highest BCUT2D eigenvalue weighted by Gasteiger charge is 2.21. The first-order chi connectivity index (χ1) is 9.79. The fourth-order valence-electron chi connectivity index (χ4n) is 1.60. The molecule has 0 bridgehead atoms. The number of nitrogens with one attached hydrogen (secondary N) is 1. The molecule has 0 unspecified atom stereocenters. The van der Waals surface area contributed by atoms with Crippen molar-refractivity contribution in [3.05, 3.63) is 58.4 Å². The van der Waals surface area contributed by atoms with E-state index in [4.69, 9.17) is 5.73 Å². The van der Waals surface area contributed by atoms with Crippen molar-refractivity contribution in [2.45, 2.75) is 4.90 Å². The Morgan fingerprint density at radius 3 is 2.33 bits per heavy atom. The second kappa shape index (κ2) is 5.37. The Balaban J connectivity index is 2.41. The first-order valence-electron chi connectivity index (χ1n) is 5.62. The zero-order valence-electron chi connectivity index (χ0n) is 10.5. The van der Waals surface area contributed by atoms with Gasteiger partial charge in [0.05, 0.1) is 10.6 Å². The molecule has 0 spiro atoms. The van der Waals surface area contributed by atoms with Gasteiger partial charge in [0, 0.05) is 17.8 Å². The van der Waals surface area contributed by atoms with E-state index in [1.165, 1.54) is 12.1 Å². The molecule has 0 aromatic heterocycles. The number of hydrogen-bond donors (Lipinski definition) is 2. The van der Waals surface area contributed by atoms with Gasteiger partial charge in [-0.15, -0.1) is 0 Å². The van der Waals surface area contributed by atoms with Gasteiger partial charge < -0.3 is 5.73 Å². The van der Waals surface area contributed by atoms with E-state index in [1.807, 2.05) is 0 Å². The molecular weight excluding hydrogens is 301 g/mol. The molecule has 0 aliphatic heterocycles. The Morgan fingerprint density at radius 2 is 1.76 bits per heavy atom. The van der Waals surface area contributed by atoms with Crippen molar-refractivity contribution < 1.29 is 17.7 Å². The van der Waals surface area contributed by atoms with Crippen LogP contribution in [0.2, 0.25) is 0 Å². The number of rotatable bonds is 4. The van der Waals surface area contributed by atoms with Gasteiger partial charge in [0.2, 0.25) is 0 Å². The molecule has 0 fully saturated rings. The van der Waals surface area contributed by atoms with E-state index in [-0.39, 0.29) is 11.4 Å². The molecule has 2 aromatic rings. The highest BCUT2D eigenvalue weighted by Crippen LogP contribution is 2.26. The van der Waals surface area contributed by atoms with Crippen LogP contribution in [0, 0.1) is 15.9 Å². The predicted molar refractivity (Wildman–Crippen MR) is 74.7 cm³/mol. The standard InChI is InChI=1S/C12H10FN3O4S/c13-8-1-3-9(4-2-8)15-21(19,20)12-7-10(16(17)18)5-6-11(12)14/h1-7,15H,14H2. The molecule has 0 aliphatic carbocycles. The molecule has 0 aliphatic rings. The molecule has 9 heteroatoms. The number of nitro groups is 1. The SMILES string of the molecule is Nc1ccc([N+](=O)[O-])cc1S(=O)(=O)Nc1ccc(F)cc1. The van der Waals surface area contributed by atoms with E-state index in [0.29, 0.717) is 0 Å². The van der Waals surface area contributed by atoms with Gasteiger partial charge in [-0.05, 0) is 30.3 Å². The lowest BCUT2D eigenvalue weighted by molar-refractivity contribution is -0.385. The van der Waals surface area contributed by atoms with Crippen molar-refractivity contribution >= 4 is 27.1 Å². The molecule has 2 aromatic carbocycles. The van der Waals surface area contributed by atoms with Gasteiger partial charge in [-0.3, -0.25) is 14.8 Å².